The van der Waals surface area contributed by atoms with Crippen molar-refractivity contribution in [2.45, 2.75) is 31.0 Å². The van der Waals surface area contributed by atoms with Crippen molar-refractivity contribution in [3.63, 3.8) is 0 Å². The molecule has 27 heavy (non-hydrogen) atoms. The van der Waals surface area contributed by atoms with Crippen molar-refractivity contribution in [2.75, 3.05) is 39.4 Å². The number of aromatic nitrogens is 1. The fraction of sp³-hybridized carbons (Fsp3) is 0.706. The summed E-state index contributed by atoms with van der Waals surface area (Å²) in [6.07, 6.45) is -4.59. The minimum absolute atomic E-state index is 0.0286. The van der Waals surface area contributed by atoms with Gasteiger partial charge >= 0.3 is 6.18 Å². The lowest BCUT2D eigenvalue weighted by molar-refractivity contribution is -0.141. The number of nitrogens with zero attached hydrogens (tertiary/aromatic N) is 3. The van der Waals surface area contributed by atoms with Gasteiger partial charge in [-0.3, -0.25) is 4.90 Å². The summed E-state index contributed by atoms with van der Waals surface area (Å²) in [5.74, 6) is 0.545. The molecule has 1 spiro atoms. The second-order valence-corrected chi connectivity index (χ2v) is 9.90. The second kappa shape index (κ2) is 6.13. The first kappa shape index (κ1) is 19.1. The third kappa shape index (κ3) is 3.16. The van der Waals surface area contributed by atoms with E-state index in [2.05, 4.69) is 16.8 Å². The van der Waals surface area contributed by atoms with Gasteiger partial charge in [0.25, 0.3) is 0 Å². The second-order valence-electron chi connectivity index (χ2n) is 7.99. The van der Waals surface area contributed by atoms with Crippen molar-refractivity contribution in [3.8, 4) is 0 Å². The standard InChI is InChI=1S/C17H22F3N3O3S/c1-11-14(3-4-15(21-11)17(18,19)20)27(24,25)23-9-16(10-23)7-22(8-16)12(2)13-5-26-6-13/h3-4,12-13H,5-10H2,1-2H3/t12-/m0/s1. The molecule has 0 N–H and O–H groups in total. The molecule has 3 saturated heterocycles. The van der Waals surface area contributed by atoms with Gasteiger partial charge in [-0.05, 0) is 26.0 Å². The number of likely N-dealkylation sites (tertiary alicyclic amines) is 1. The van der Waals surface area contributed by atoms with Gasteiger partial charge in [0.1, 0.15) is 10.6 Å². The summed E-state index contributed by atoms with van der Waals surface area (Å²) in [4.78, 5) is 5.64. The lowest BCUT2D eigenvalue weighted by atomic mass is 9.73. The lowest BCUT2D eigenvalue weighted by Gasteiger charge is -2.62. The molecule has 0 saturated carbocycles. The van der Waals surface area contributed by atoms with Gasteiger partial charge in [0.15, 0.2) is 0 Å². The third-order valence-electron chi connectivity index (χ3n) is 5.97. The maximum absolute atomic E-state index is 12.8. The van der Waals surface area contributed by atoms with E-state index >= 15 is 0 Å². The highest BCUT2D eigenvalue weighted by molar-refractivity contribution is 7.89. The Kier molecular flexibility index (Phi) is 4.34. The van der Waals surface area contributed by atoms with Crippen LogP contribution in [0.3, 0.4) is 0 Å². The molecular formula is C17H22F3N3O3S. The number of sulfonamides is 1. The third-order valence-corrected chi connectivity index (χ3v) is 7.89. The van der Waals surface area contributed by atoms with E-state index in [1.165, 1.54) is 11.2 Å². The van der Waals surface area contributed by atoms with Crippen LogP contribution in [0.1, 0.15) is 18.3 Å². The fourth-order valence-electron chi connectivity index (χ4n) is 4.12. The predicted octanol–water partition coefficient (Wildman–Crippen LogP) is 1.75. The molecule has 1 aromatic rings. The van der Waals surface area contributed by atoms with Gasteiger partial charge in [-0.25, -0.2) is 13.4 Å². The zero-order chi connectivity index (χ0) is 19.6. The first-order chi connectivity index (χ1) is 12.5. The summed E-state index contributed by atoms with van der Waals surface area (Å²) < 4.78 is 70.4. The van der Waals surface area contributed by atoms with Gasteiger partial charge in [0.05, 0.1) is 18.9 Å². The van der Waals surface area contributed by atoms with E-state index in [0.717, 1.165) is 38.4 Å². The number of alkyl halides is 3. The van der Waals surface area contributed by atoms with Crippen molar-refractivity contribution in [2.24, 2.45) is 11.3 Å². The molecule has 3 fully saturated rings. The van der Waals surface area contributed by atoms with Crippen LogP contribution in [0.4, 0.5) is 13.2 Å². The summed E-state index contributed by atoms with van der Waals surface area (Å²) in [5, 5.41) is 0. The maximum atomic E-state index is 12.8. The average molecular weight is 405 g/mol. The SMILES string of the molecule is Cc1nc(C(F)(F)F)ccc1S(=O)(=O)N1CC2(CN([C@@H](C)C3COC3)C2)C1. The molecule has 0 radical (unpaired) electrons. The van der Waals surface area contributed by atoms with Crippen molar-refractivity contribution in [3.05, 3.63) is 23.5 Å². The van der Waals surface area contributed by atoms with Crippen LogP contribution < -0.4 is 0 Å². The Morgan fingerprint density at radius 3 is 2.33 bits per heavy atom. The van der Waals surface area contributed by atoms with Gasteiger partial charge in [-0.1, -0.05) is 0 Å². The summed E-state index contributed by atoms with van der Waals surface area (Å²) in [6.45, 7) is 7.54. The summed E-state index contributed by atoms with van der Waals surface area (Å²) in [5.41, 5.74) is -1.23. The Morgan fingerprint density at radius 1 is 1.22 bits per heavy atom. The van der Waals surface area contributed by atoms with Crippen LogP contribution >= 0.6 is 0 Å². The quantitative estimate of drug-likeness (QED) is 0.764. The molecule has 6 nitrogen and oxygen atoms in total. The van der Waals surface area contributed by atoms with Gasteiger partial charge < -0.3 is 4.74 Å². The molecule has 3 aliphatic rings. The van der Waals surface area contributed by atoms with E-state index in [9.17, 15) is 21.6 Å². The molecule has 0 bridgehead atoms. The first-order valence-electron chi connectivity index (χ1n) is 8.89. The van der Waals surface area contributed by atoms with Crippen LogP contribution in [0.25, 0.3) is 0 Å². The Balaban J connectivity index is 1.40. The largest absolute Gasteiger partial charge is 0.433 e. The Morgan fingerprint density at radius 2 is 1.85 bits per heavy atom. The van der Waals surface area contributed by atoms with Crippen molar-refractivity contribution < 1.29 is 26.3 Å². The fourth-order valence-corrected chi connectivity index (χ4v) is 5.95. The monoisotopic (exact) mass is 405 g/mol. The van der Waals surface area contributed by atoms with Gasteiger partial charge in [-0.2, -0.15) is 17.5 Å². The molecule has 4 rings (SSSR count). The number of rotatable bonds is 4. The van der Waals surface area contributed by atoms with Gasteiger partial charge in [-0.15, -0.1) is 0 Å². The number of aryl methyl sites for hydroxylation is 1. The van der Waals surface area contributed by atoms with Crippen LogP contribution in [0.2, 0.25) is 0 Å². The number of halogens is 3. The molecular weight excluding hydrogens is 383 g/mol. The summed E-state index contributed by atoms with van der Waals surface area (Å²) in [7, 11) is -3.82. The Bertz CT molecular complexity index is 841. The molecule has 10 heteroatoms. The van der Waals surface area contributed by atoms with Crippen LogP contribution in [-0.4, -0.2) is 68.0 Å². The normalized spacial score (nSPS) is 24.9. The summed E-state index contributed by atoms with van der Waals surface area (Å²) >= 11 is 0. The van der Waals surface area contributed by atoms with Crippen LogP contribution in [0.5, 0.6) is 0 Å². The van der Waals surface area contributed by atoms with E-state index in [1.807, 2.05) is 0 Å². The van der Waals surface area contributed by atoms with Crippen molar-refractivity contribution in [1.29, 1.82) is 0 Å². The molecule has 0 amide bonds. The lowest BCUT2D eigenvalue weighted by Crippen LogP contribution is -2.74. The van der Waals surface area contributed by atoms with E-state index in [4.69, 9.17) is 4.74 Å². The topological polar surface area (TPSA) is 62.7 Å². The molecule has 3 aliphatic heterocycles. The minimum Gasteiger partial charge on any atom is -0.381 e. The molecule has 1 aromatic heterocycles. The maximum Gasteiger partial charge on any atom is 0.433 e. The highest BCUT2D eigenvalue weighted by Gasteiger charge is 2.56. The average Bonchev–Trinajstić information content (AvgIpc) is 2.40. The van der Waals surface area contributed by atoms with E-state index in [0.29, 0.717) is 25.0 Å². The molecule has 4 heterocycles. The Labute approximate surface area is 156 Å². The van der Waals surface area contributed by atoms with Crippen LogP contribution in [0, 0.1) is 18.3 Å². The number of hydrogen-bond donors (Lipinski definition) is 0. The van der Waals surface area contributed by atoms with Crippen molar-refractivity contribution in [1.82, 2.24) is 14.2 Å². The molecule has 0 aliphatic carbocycles. The zero-order valence-corrected chi connectivity index (χ0v) is 16.0. The smallest absolute Gasteiger partial charge is 0.381 e. The molecule has 0 aromatic carbocycles. The summed E-state index contributed by atoms with van der Waals surface area (Å²) in [6, 6.07) is 2.16. The van der Waals surface area contributed by atoms with E-state index in [-0.39, 0.29) is 16.0 Å². The molecule has 150 valence electrons. The first-order valence-corrected chi connectivity index (χ1v) is 10.3. The Hall–Kier alpha value is -1.23. The number of pyridine rings is 1. The van der Waals surface area contributed by atoms with Gasteiger partial charge in [0.2, 0.25) is 10.0 Å². The van der Waals surface area contributed by atoms with Crippen molar-refractivity contribution >= 4 is 10.0 Å². The number of hydrogen-bond acceptors (Lipinski definition) is 5. The van der Waals surface area contributed by atoms with Gasteiger partial charge in [0, 0.05) is 43.6 Å². The highest BCUT2D eigenvalue weighted by atomic mass is 32.2. The van der Waals surface area contributed by atoms with Crippen LogP contribution in [0.15, 0.2) is 17.0 Å². The number of ether oxygens (including phenoxy) is 1. The highest BCUT2D eigenvalue weighted by Crippen LogP contribution is 2.44. The van der Waals surface area contributed by atoms with E-state index < -0.39 is 21.9 Å². The zero-order valence-electron chi connectivity index (χ0n) is 15.2. The predicted molar refractivity (Wildman–Crippen MR) is 90.5 cm³/mol. The molecule has 0 unspecified atom stereocenters. The van der Waals surface area contributed by atoms with E-state index in [1.54, 1.807) is 0 Å². The molecule has 1 atom stereocenters. The van der Waals surface area contributed by atoms with Crippen LogP contribution in [-0.2, 0) is 20.9 Å². The minimum atomic E-state index is -4.59.